The minimum atomic E-state index is -3.65. The zero-order valence-electron chi connectivity index (χ0n) is 10.9. The van der Waals surface area contributed by atoms with Crippen LogP contribution in [-0.2, 0) is 10.0 Å². The fraction of sp³-hybridized carbons (Fsp3) is 0.500. The van der Waals surface area contributed by atoms with Crippen LogP contribution < -0.4 is 10.5 Å². The van der Waals surface area contributed by atoms with Crippen LogP contribution in [0.25, 0.3) is 0 Å². The van der Waals surface area contributed by atoms with E-state index in [9.17, 15) is 18.5 Å². The summed E-state index contributed by atoms with van der Waals surface area (Å²) in [6, 6.07) is 4.70. The van der Waals surface area contributed by atoms with Crippen molar-refractivity contribution in [1.82, 2.24) is 4.72 Å². The number of nitrogens with two attached hydrogens (primary N) is 1. The smallest absolute Gasteiger partial charge is 0.269 e. The quantitative estimate of drug-likeness (QED) is 0.639. The summed E-state index contributed by atoms with van der Waals surface area (Å²) in [7, 11) is -3.65. The first kappa shape index (κ1) is 14.9. The van der Waals surface area contributed by atoms with Gasteiger partial charge in [-0.15, -0.1) is 0 Å². The molecule has 1 aromatic rings. The molecule has 8 heteroatoms. The molecule has 3 N–H and O–H groups in total. The van der Waals surface area contributed by atoms with E-state index in [4.69, 9.17) is 5.73 Å². The number of nitro groups is 1. The molecule has 1 aromatic carbocycles. The molecule has 110 valence electrons. The Hall–Kier alpha value is -1.51. The second-order valence-corrected chi connectivity index (χ2v) is 6.71. The van der Waals surface area contributed by atoms with Gasteiger partial charge in [0.2, 0.25) is 10.0 Å². The van der Waals surface area contributed by atoms with Gasteiger partial charge in [0.1, 0.15) is 0 Å². The van der Waals surface area contributed by atoms with Crippen molar-refractivity contribution in [1.29, 1.82) is 0 Å². The van der Waals surface area contributed by atoms with E-state index in [0.717, 1.165) is 19.3 Å². The summed E-state index contributed by atoms with van der Waals surface area (Å²) in [6.45, 7) is 0. The van der Waals surface area contributed by atoms with Crippen LogP contribution in [0.3, 0.4) is 0 Å². The number of sulfonamides is 1. The van der Waals surface area contributed by atoms with Gasteiger partial charge in [0.25, 0.3) is 5.69 Å². The van der Waals surface area contributed by atoms with Crippen molar-refractivity contribution in [3.05, 3.63) is 34.4 Å². The van der Waals surface area contributed by atoms with Crippen molar-refractivity contribution in [3.8, 4) is 0 Å². The van der Waals surface area contributed by atoms with Gasteiger partial charge in [0, 0.05) is 24.2 Å². The summed E-state index contributed by atoms with van der Waals surface area (Å²) in [4.78, 5) is 10.0. The molecule has 1 aliphatic carbocycles. The molecule has 0 spiro atoms. The van der Waals surface area contributed by atoms with Crippen molar-refractivity contribution in [2.75, 3.05) is 0 Å². The Morgan fingerprint density at radius 3 is 2.45 bits per heavy atom. The lowest BCUT2D eigenvalue weighted by molar-refractivity contribution is -0.384. The Morgan fingerprint density at radius 2 is 1.90 bits per heavy atom. The molecule has 0 heterocycles. The molecule has 20 heavy (non-hydrogen) atoms. The molecule has 0 amide bonds. The molecule has 0 saturated heterocycles. The number of hydrogen-bond acceptors (Lipinski definition) is 5. The second-order valence-electron chi connectivity index (χ2n) is 5.00. The largest absolute Gasteiger partial charge is 0.328 e. The number of nitrogens with zero attached hydrogens (tertiary/aromatic N) is 1. The van der Waals surface area contributed by atoms with Crippen molar-refractivity contribution in [2.45, 2.75) is 42.7 Å². The summed E-state index contributed by atoms with van der Waals surface area (Å²) < 4.78 is 26.9. The summed E-state index contributed by atoms with van der Waals surface area (Å²) in [5.41, 5.74) is 5.69. The average molecular weight is 299 g/mol. The van der Waals surface area contributed by atoms with Gasteiger partial charge >= 0.3 is 0 Å². The highest BCUT2D eigenvalue weighted by Crippen LogP contribution is 2.20. The molecule has 0 bridgehead atoms. The molecular weight excluding hydrogens is 282 g/mol. The standard InChI is InChI=1S/C12H17N3O4S/c13-9-2-1-3-10(8-9)14-20(18,19)12-6-4-11(5-7-12)15(16)17/h4-7,9-10,14H,1-3,8,13H2/t9-,10-/m1/s1. The van der Waals surface area contributed by atoms with E-state index >= 15 is 0 Å². The van der Waals surface area contributed by atoms with Crippen LogP contribution in [0.4, 0.5) is 5.69 Å². The Kier molecular flexibility index (Phi) is 4.36. The van der Waals surface area contributed by atoms with E-state index in [1.165, 1.54) is 24.3 Å². The van der Waals surface area contributed by atoms with Crippen molar-refractivity contribution >= 4 is 15.7 Å². The minimum Gasteiger partial charge on any atom is -0.328 e. The van der Waals surface area contributed by atoms with Crippen LogP contribution in [0.1, 0.15) is 25.7 Å². The van der Waals surface area contributed by atoms with Crippen LogP contribution in [0.5, 0.6) is 0 Å². The zero-order chi connectivity index (χ0) is 14.8. The highest BCUT2D eigenvalue weighted by molar-refractivity contribution is 7.89. The minimum absolute atomic E-state index is 0.0216. The maximum atomic E-state index is 12.2. The Morgan fingerprint density at radius 1 is 1.25 bits per heavy atom. The van der Waals surface area contributed by atoms with Gasteiger partial charge in [-0.2, -0.15) is 0 Å². The number of nitrogens with one attached hydrogen (secondary N) is 1. The van der Waals surface area contributed by atoms with E-state index < -0.39 is 14.9 Å². The summed E-state index contributed by atoms with van der Waals surface area (Å²) >= 11 is 0. The predicted molar refractivity (Wildman–Crippen MR) is 73.6 cm³/mol. The lowest BCUT2D eigenvalue weighted by Crippen LogP contribution is -2.42. The molecule has 0 aromatic heterocycles. The Balaban J connectivity index is 2.11. The lowest BCUT2D eigenvalue weighted by Gasteiger charge is -2.27. The first-order valence-corrected chi connectivity index (χ1v) is 7.89. The molecule has 2 atom stereocenters. The van der Waals surface area contributed by atoms with Gasteiger partial charge in [-0.25, -0.2) is 13.1 Å². The fourth-order valence-electron chi connectivity index (χ4n) is 2.37. The van der Waals surface area contributed by atoms with Crippen LogP contribution in [0.15, 0.2) is 29.2 Å². The molecule has 2 rings (SSSR count). The highest BCUT2D eigenvalue weighted by Gasteiger charge is 2.25. The number of hydrogen-bond donors (Lipinski definition) is 2. The topological polar surface area (TPSA) is 115 Å². The molecule has 0 radical (unpaired) electrons. The molecule has 0 aliphatic heterocycles. The van der Waals surface area contributed by atoms with Gasteiger partial charge < -0.3 is 5.73 Å². The fourth-order valence-corrected chi connectivity index (χ4v) is 3.65. The monoisotopic (exact) mass is 299 g/mol. The van der Waals surface area contributed by atoms with Crippen LogP contribution in [0.2, 0.25) is 0 Å². The van der Waals surface area contributed by atoms with Crippen molar-refractivity contribution in [2.24, 2.45) is 5.73 Å². The molecule has 1 saturated carbocycles. The number of rotatable bonds is 4. The lowest BCUT2D eigenvalue weighted by atomic mass is 9.92. The van der Waals surface area contributed by atoms with Gasteiger partial charge in [-0.05, 0) is 31.4 Å². The number of nitro benzene ring substituents is 1. The van der Waals surface area contributed by atoms with E-state index in [1.54, 1.807) is 0 Å². The number of benzene rings is 1. The van der Waals surface area contributed by atoms with E-state index in [1.807, 2.05) is 0 Å². The Bertz CT molecular complexity index is 585. The van der Waals surface area contributed by atoms with Gasteiger partial charge in [0.15, 0.2) is 0 Å². The highest BCUT2D eigenvalue weighted by atomic mass is 32.2. The van der Waals surface area contributed by atoms with E-state index in [2.05, 4.69) is 4.72 Å². The maximum absolute atomic E-state index is 12.2. The normalized spacial score (nSPS) is 23.4. The van der Waals surface area contributed by atoms with Gasteiger partial charge in [0.05, 0.1) is 9.82 Å². The average Bonchev–Trinajstić information content (AvgIpc) is 2.38. The van der Waals surface area contributed by atoms with Crippen molar-refractivity contribution < 1.29 is 13.3 Å². The third-order valence-electron chi connectivity index (χ3n) is 3.39. The van der Waals surface area contributed by atoms with Crippen molar-refractivity contribution in [3.63, 3.8) is 0 Å². The van der Waals surface area contributed by atoms with Gasteiger partial charge in [-0.3, -0.25) is 10.1 Å². The van der Waals surface area contributed by atoms with Crippen LogP contribution >= 0.6 is 0 Å². The summed E-state index contributed by atoms with van der Waals surface area (Å²) in [6.07, 6.45) is 3.19. The summed E-state index contributed by atoms with van der Waals surface area (Å²) in [5, 5.41) is 10.5. The number of non-ortho nitro benzene ring substituents is 1. The van der Waals surface area contributed by atoms with Crippen LogP contribution in [0, 0.1) is 10.1 Å². The molecule has 7 nitrogen and oxygen atoms in total. The molecule has 1 fully saturated rings. The molecule has 1 aliphatic rings. The van der Waals surface area contributed by atoms with E-state index in [0.29, 0.717) is 6.42 Å². The zero-order valence-corrected chi connectivity index (χ0v) is 11.7. The Labute approximate surface area is 117 Å². The first-order valence-electron chi connectivity index (χ1n) is 6.41. The predicted octanol–water partition coefficient (Wildman–Crippen LogP) is 1.14. The van der Waals surface area contributed by atoms with Gasteiger partial charge in [-0.1, -0.05) is 6.42 Å². The second kappa shape index (κ2) is 5.86. The SMILES string of the molecule is N[C@@H]1CCC[C@@H](NS(=O)(=O)c2ccc([N+](=O)[O-])cc2)C1. The molecule has 0 unspecified atom stereocenters. The summed E-state index contributed by atoms with van der Waals surface area (Å²) in [5.74, 6) is 0. The third kappa shape index (κ3) is 3.53. The molecular formula is C12H17N3O4S. The van der Waals surface area contributed by atoms with Crippen LogP contribution in [-0.4, -0.2) is 25.4 Å². The van der Waals surface area contributed by atoms with E-state index in [-0.39, 0.29) is 22.7 Å². The maximum Gasteiger partial charge on any atom is 0.269 e. The first-order chi connectivity index (χ1) is 9.38. The third-order valence-corrected chi connectivity index (χ3v) is 4.93.